The molecule has 2 N–H and O–H groups in total. The standard InChI is InChI=1S/C28H32Cl2F3N3O5/c1-14-10-18(29)22(19(30)11-14)21(37)12-20(23-15(2)6-9-41-23)35-25(38)17-13-34-36(24(17)28(31,32)33)16-4-7-27(3,8-5-16)26(39)40/h10-11,13,15-16,20,23H,4-9,12H2,1-3H3,(H,35,38)(H,39,40)/t15-,16?,20?,23-,27?/m1/s1. The molecule has 0 bridgehead atoms. The van der Waals surface area contributed by atoms with Crippen LogP contribution in [0.5, 0.6) is 0 Å². The van der Waals surface area contributed by atoms with Gasteiger partial charge in [-0.15, -0.1) is 0 Å². The molecule has 2 aliphatic rings. The van der Waals surface area contributed by atoms with E-state index in [0.717, 1.165) is 16.4 Å². The molecule has 1 amide bonds. The second-order valence-corrected chi connectivity index (χ2v) is 12.2. The van der Waals surface area contributed by atoms with Crippen molar-refractivity contribution in [1.29, 1.82) is 0 Å². The van der Waals surface area contributed by atoms with Gasteiger partial charge in [0.05, 0.1) is 51.0 Å². The molecule has 41 heavy (non-hydrogen) atoms. The average molecular weight is 618 g/mol. The molecule has 0 radical (unpaired) electrons. The molecular weight excluding hydrogens is 586 g/mol. The number of Topliss-reactive ketones (excluding diaryl/α,β-unsaturated/α-hetero) is 1. The van der Waals surface area contributed by atoms with Crippen molar-refractivity contribution in [2.24, 2.45) is 11.3 Å². The summed E-state index contributed by atoms with van der Waals surface area (Å²) in [6.45, 7) is 5.59. The van der Waals surface area contributed by atoms with E-state index < -0.39 is 58.7 Å². The molecule has 1 aliphatic heterocycles. The summed E-state index contributed by atoms with van der Waals surface area (Å²) in [6.07, 6.45) is -3.63. The van der Waals surface area contributed by atoms with Gasteiger partial charge >= 0.3 is 12.1 Å². The number of carbonyl (C=O) groups excluding carboxylic acids is 2. The van der Waals surface area contributed by atoms with Crippen LogP contribution in [0.2, 0.25) is 10.0 Å². The predicted molar refractivity (Wildman–Crippen MR) is 145 cm³/mol. The normalized spacial score (nSPS) is 25.6. The lowest BCUT2D eigenvalue weighted by molar-refractivity contribution is -0.152. The number of aryl methyl sites for hydroxylation is 1. The summed E-state index contributed by atoms with van der Waals surface area (Å²) in [5.41, 5.74) is -2.11. The molecule has 8 nitrogen and oxygen atoms in total. The Kier molecular flexibility index (Phi) is 9.11. The Morgan fingerprint density at radius 3 is 2.32 bits per heavy atom. The first-order chi connectivity index (χ1) is 19.1. The number of ether oxygens (including phenoxy) is 1. The molecule has 2 heterocycles. The number of nitrogens with one attached hydrogen (secondary N) is 1. The summed E-state index contributed by atoms with van der Waals surface area (Å²) in [7, 11) is 0. The number of benzene rings is 1. The summed E-state index contributed by atoms with van der Waals surface area (Å²) >= 11 is 12.6. The summed E-state index contributed by atoms with van der Waals surface area (Å²) < 4.78 is 49.6. The molecule has 1 saturated heterocycles. The second kappa shape index (κ2) is 11.9. The molecule has 1 aromatic heterocycles. The monoisotopic (exact) mass is 617 g/mol. The molecule has 13 heteroatoms. The van der Waals surface area contributed by atoms with Crippen LogP contribution in [0.1, 0.15) is 90.4 Å². The number of aromatic nitrogens is 2. The topological polar surface area (TPSA) is 111 Å². The quantitative estimate of drug-likeness (QED) is 0.326. The van der Waals surface area contributed by atoms with E-state index in [2.05, 4.69) is 10.4 Å². The summed E-state index contributed by atoms with van der Waals surface area (Å²) in [5.74, 6) is -2.60. The molecule has 3 atom stereocenters. The highest BCUT2D eigenvalue weighted by Crippen LogP contribution is 2.43. The lowest BCUT2D eigenvalue weighted by Crippen LogP contribution is -2.47. The first-order valence-electron chi connectivity index (χ1n) is 13.4. The van der Waals surface area contributed by atoms with E-state index in [1.807, 2.05) is 6.92 Å². The third-order valence-corrected chi connectivity index (χ3v) is 8.85. The predicted octanol–water partition coefficient (Wildman–Crippen LogP) is 6.52. The number of rotatable bonds is 8. The zero-order valence-electron chi connectivity index (χ0n) is 22.9. The maximum Gasteiger partial charge on any atom is 0.433 e. The highest BCUT2D eigenvalue weighted by Gasteiger charge is 2.45. The highest BCUT2D eigenvalue weighted by molar-refractivity contribution is 6.40. The van der Waals surface area contributed by atoms with E-state index in [0.29, 0.717) is 13.0 Å². The molecule has 1 aliphatic carbocycles. The van der Waals surface area contributed by atoms with Crippen LogP contribution < -0.4 is 5.32 Å². The van der Waals surface area contributed by atoms with Crippen LogP contribution in [-0.4, -0.2) is 51.3 Å². The van der Waals surface area contributed by atoms with Gasteiger partial charge in [-0.05, 0) is 69.6 Å². The Morgan fingerprint density at radius 2 is 1.80 bits per heavy atom. The minimum atomic E-state index is -4.91. The van der Waals surface area contributed by atoms with Gasteiger partial charge in [0.2, 0.25) is 0 Å². The number of amides is 1. The largest absolute Gasteiger partial charge is 0.481 e. The fraction of sp³-hybridized carbons (Fsp3) is 0.571. The second-order valence-electron chi connectivity index (χ2n) is 11.4. The van der Waals surface area contributed by atoms with Crippen molar-refractivity contribution < 1.29 is 37.4 Å². The van der Waals surface area contributed by atoms with Gasteiger partial charge in [0.1, 0.15) is 0 Å². The van der Waals surface area contributed by atoms with Gasteiger partial charge in [-0.3, -0.25) is 19.1 Å². The number of alkyl halides is 3. The number of hydrogen-bond donors (Lipinski definition) is 2. The molecular formula is C28H32Cl2F3N3O5. The number of carbonyl (C=O) groups is 3. The van der Waals surface area contributed by atoms with Crippen LogP contribution in [-0.2, 0) is 15.7 Å². The van der Waals surface area contributed by atoms with Crippen molar-refractivity contribution in [1.82, 2.24) is 15.1 Å². The summed E-state index contributed by atoms with van der Waals surface area (Å²) in [6, 6.07) is 1.48. The van der Waals surface area contributed by atoms with E-state index in [-0.39, 0.29) is 53.6 Å². The van der Waals surface area contributed by atoms with Crippen molar-refractivity contribution in [3.8, 4) is 0 Å². The zero-order valence-corrected chi connectivity index (χ0v) is 24.4. The third-order valence-electron chi connectivity index (χ3n) is 8.26. The Labute approximate surface area is 245 Å². The number of aliphatic carboxylic acids is 1. The first-order valence-corrected chi connectivity index (χ1v) is 14.2. The van der Waals surface area contributed by atoms with Gasteiger partial charge in [-0.25, -0.2) is 0 Å². The average Bonchev–Trinajstić information content (AvgIpc) is 3.50. The summed E-state index contributed by atoms with van der Waals surface area (Å²) in [5, 5.41) is 16.3. The molecule has 224 valence electrons. The molecule has 1 saturated carbocycles. The number of ketones is 1. The van der Waals surface area contributed by atoms with Crippen molar-refractivity contribution in [3.05, 3.63) is 50.8 Å². The van der Waals surface area contributed by atoms with Crippen LogP contribution in [0.3, 0.4) is 0 Å². The van der Waals surface area contributed by atoms with E-state index in [1.165, 1.54) is 0 Å². The summed E-state index contributed by atoms with van der Waals surface area (Å²) in [4.78, 5) is 38.3. The molecule has 1 aromatic carbocycles. The van der Waals surface area contributed by atoms with E-state index >= 15 is 0 Å². The van der Waals surface area contributed by atoms with Crippen LogP contribution >= 0.6 is 23.2 Å². The lowest BCUT2D eigenvalue weighted by atomic mass is 9.74. The van der Waals surface area contributed by atoms with Gasteiger partial charge in [0, 0.05) is 13.0 Å². The van der Waals surface area contributed by atoms with E-state index in [1.54, 1.807) is 26.0 Å². The molecule has 2 fully saturated rings. The fourth-order valence-electron chi connectivity index (χ4n) is 5.78. The van der Waals surface area contributed by atoms with Gasteiger partial charge in [-0.1, -0.05) is 30.1 Å². The van der Waals surface area contributed by atoms with Gasteiger partial charge in [0.15, 0.2) is 11.5 Å². The van der Waals surface area contributed by atoms with Crippen LogP contribution in [0.4, 0.5) is 13.2 Å². The molecule has 1 unspecified atom stereocenters. The lowest BCUT2D eigenvalue weighted by Gasteiger charge is -2.34. The number of halogens is 5. The number of carboxylic acids is 1. The Bertz CT molecular complexity index is 1310. The van der Waals surface area contributed by atoms with E-state index in [4.69, 9.17) is 27.9 Å². The van der Waals surface area contributed by atoms with Gasteiger partial charge in [-0.2, -0.15) is 18.3 Å². The Morgan fingerprint density at radius 1 is 1.20 bits per heavy atom. The van der Waals surface area contributed by atoms with Gasteiger partial charge in [0.25, 0.3) is 5.91 Å². The maximum absolute atomic E-state index is 14.3. The van der Waals surface area contributed by atoms with Crippen molar-refractivity contribution in [3.63, 3.8) is 0 Å². The van der Waals surface area contributed by atoms with Gasteiger partial charge < -0.3 is 15.2 Å². The number of nitrogens with zero attached hydrogens (tertiary/aromatic N) is 2. The first kappa shape index (κ1) is 31.3. The SMILES string of the molecule is Cc1cc(Cl)c(C(=O)CC(NC(=O)c2cnn(C3CCC(C)(C(=O)O)CC3)c2C(F)(F)F)[C@@H]2OCC[C@H]2C)c(Cl)c1. The number of carboxylic acid groups (broad SMARTS) is 1. The Balaban J connectivity index is 1.61. The minimum Gasteiger partial charge on any atom is -0.481 e. The maximum atomic E-state index is 14.3. The van der Waals surface area contributed by atoms with Crippen LogP contribution in [0, 0.1) is 18.3 Å². The van der Waals surface area contributed by atoms with Crippen molar-refractivity contribution in [2.45, 2.75) is 83.7 Å². The number of hydrogen-bond acceptors (Lipinski definition) is 5. The molecule has 4 rings (SSSR count). The van der Waals surface area contributed by atoms with E-state index in [9.17, 15) is 32.7 Å². The molecule has 2 aromatic rings. The van der Waals surface area contributed by atoms with Crippen molar-refractivity contribution in [2.75, 3.05) is 6.61 Å². The zero-order chi connectivity index (χ0) is 30.3. The van der Waals surface area contributed by atoms with Crippen molar-refractivity contribution >= 4 is 40.9 Å². The third kappa shape index (κ3) is 6.57. The smallest absolute Gasteiger partial charge is 0.433 e. The minimum absolute atomic E-state index is 0.0679. The Hall–Kier alpha value is -2.63. The fourth-order valence-corrected chi connectivity index (χ4v) is 6.59. The van der Waals surface area contributed by atoms with Crippen LogP contribution in [0.25, 0.3) is 0 Å². The molecule has 0 spiro atoms. The highest BCUT2D eigenvalue weighted by atomic mass is 35.5. The van der Waals surface area contributed by atoms with Crippen LogP contribution in [0.15, 0.2) is 18.3 Å².